The van der Waals surface area contributed by atoms with Crippen LogP contribution in [0.15, 0.2) is 97.2 Å². The largest absolute Gasteiger partial charge is 0.323 e. The Bertz CT molecular complexity index is 1200. The predicted octanol–water partition coefficient (Wildman–Crippen LogP) is 6.27. The Morgan fingerprint density at radius 2 is 1.60 bits per heavy atom. The van der Waals surface area contributed by atoms with Gasteiger partial charge in [0.25, 0.3) is 0 Å². The van der Waals surface area contributed by atoms with E-state index in [1.165, 1.54) is 0 Å². The molecule has 2 heterocycles. The fourth-order valence-electron chi connectivity index (χ4n) is 4.08. The first kappa shape index (κ1) is 18.5. The molecular formula is C25H20ClN3O. The van der Waals surface area contributed by atoms with Gasteiger partial charge in [-0.25, -0.2) is 4.79 Å². The van der Waals surface area contributed by atoms with Gasteiger partial charge in [0.2, 0.25) is 0 Å². The van der Waals surface area contributed by atoms with E-state index in [0.717, 1.165) is 22.5 Å². The van der Waals surface area contributed by atoms with E-state index in [2.05, 4.69) is 46.4 Å². The van der Waals surface area contributed by atoms with E-state index >= 15 is 0 Å². The molecular weight excluding hydrogens is 394 g/mol. The molecule has 1 N–H and O–H groups in total. The van der Waals surface area contributed by atoms with Gasteiger partial charge in [-0.05, 0) is 41.5 Å². The minimum atomic E-state index is -0.240. The van der Waals surface area contributed by atoms with Crippen molar-refractivity contribution in [1.82, 2.24) is 9.47 Å². The molecule has 3 aromatic carbocycles. The number of fused-ring (bicyclic) bond motifs is 3. The molecule has 1 aliphatic rings. The van der Waals surface area contributed by atoms with Gasteiger partial charge in [-0.15, -0.1) is 0 Å². The summed E-state index contributed by atoms with van der Waals surface area (Å²) in [7, 11) is 0. The summed E-state index contributed by atoms with van der Waals surface area (Å²) in [6.45, 7) is 0.480. The molecule has 0 fully saturated rings. The molecule has 2 amide bonds. The van der Waals surface area contributed by atoms with Gasteiger partial charge in [0.1, 0.15) is 0 Å². The van der Waals surface area contributed by atoms with Crippen LogP contribution in [0.25, 0.3) is 5.69 Å². The van der Waals surface area contributed by atoms with E-state index < -0.39 is 0 Å². The number of benzene rings is 3. The smallest absolute Gasteiger partial charge is 0.318 e. The topological polar surface area (TPSA) is 37.3 Å². The van der Waals surface area contributed by atoms with E-state index in [1.54, 1.807) is 6.07 Å². The van der Waals surface area contributed by atoms with Gasteiger partial charge < -0.3 is 14.8 Å². The van der Waals surface area contributed by atoms with Crippen molar-refractivity contribution in [3.63, 3.8) is 0 Å². The molecule has 0 aliphatic carbocycles. The fourth-order valence-corrected chi connectivity index (χ4v) is 4.26. The molecule has 1 atom stereocenters. The number of nitrogens with one attached hydrogen (secondary N) is 1. The third-order valence-electron chi connectivity index (χ3n) is 5.46. The van der Waals surface area contributed by atoms with Crippen LogP contribution in [-0.2, 0) is 6.54 Å². The zero-order valence-electron chi connectivity index (χ0n) is 16.2. The lowest BCUT2D eigenvalue weighted by Crippen LogP contribution is -2.38. The second-order valence-corrected chi connectivity index (χ2v) is 7.69. The Balaban J connectivity index is 1.64. The number of halogens is 1. The number of anilines is 1. The van der Waals surface area contributed by atoms with Crippen LogP contribution in [0.4, 0.5) is 10.5 Å². The molecule has 0 unspecified atom stereocenters. The van der Waals surface area contributed by atoms with Crippen molar-refractivity contribution in [2.45, 2.75) is 12.6 Å². The molecule has 148 valence electrons. The lowest BCUT2D eigenvalue weighted by Gasteiger charge is -2.31. The molecule has 0 spiro atoms. The molecule has 1 aliphatic heterocycles. The first-order valence-corrected chi connectivity index (χ1v) is 10.2. The number of hydrogen-bond donors (Lipinski definition) is 1. The Labute approximate surface area is 180 Å². The van der Waals surface area contributed by atoms with Crippen LogP contribution < -0.4 is 5.32 Å². The predicted molar refractivity (Wildman–Crippen MR) is 120 cm³/mol. The number of hydrogen-bond acceptors (Lipinski definition) is 1. The summed E-state index contributed by atoms with van der Waals surface area (Å²) in [5.41, 5.74) is 4.87. The zero-order valence-corrected chi connectivity index (χ0v) is 17.0. The summed E-state index contributed by atoms with van der Waals surface area (Å²) >= 11 is 6.30. The van der Waals surface area contributed by atoms with Crippen molar-refractivity contribution < 1.29 is 4.79 Å². The first-order chi connectivity index (χ1) is 14.7. The second-order valence-electron chi connectivity index (χ2n) is 7.28. The van der Waals surface area contributed by atoms with E-state index in [-0.39, 0.29) is 12.1 Å². The molecule has 4 nitrogen and oxygen atoms in total. The van der Waals surface area contributed by atoms with Crippen molar-refractivity contribution in [3.8, 4) is 5.69 Å². The van der Waals surface area contributed by atoms with Gasteiger partial charge >= 0.3 is 6.03 Å². The lowest BCUT2D eigenvalue weighted by atomic mass is 10.0. The third kappa shape index (κ3) is 3.25. The first-order valence-electron chi connectivity index (χ1n) is 9.85. The highest BCUT2D eigenvalue weighted by Crippen LogP contribution is 2.37. The van der Waals surface area contributed by atoms with Crippen LogP contribution >= 0.6 is 11.6 Å². The van der Waals surface area contributed by atoms with Crippen molar-refractivity contribution in [2.24, 2.45) is 0 Å². The lowest BCUT2D eigenvalue weighted by molar-refractivity contribution is 0.194. The van der Waals surface area contributed by atoms with Crippen molar-refractivity contribution in [3.05, 3.63) is 119 Å². The van der Waals surface area contributed by atoms with Gasteiger partial charge in [0, 0.05) is 11.9 Å². The number of urea groups is 1. The highest BCUT2D eigenvalue weighted by Gasteiger charge is 2.33. The number of aromatic nitrogens is 1. The highest BCUT2D eigenvalue weighted by atomic mass is 35.5. The second kappa shape index (κ2) is 7.73. The van der Waals surface area contributed by atoms with Crippen LogP contribution in [0.5, 0.6) is 0 Å². The van der Waals surface area contributed by atoms with Gasteiger partial charge in [0.05, 0.1) is 29.0 Å². The normalized spacial score (nSPS) is 15.1. The number of rotatable bonds is 2. The molecule has 0 bridgehead atoms. The molecule has 0 saturated heterocycles. The molecule has 30 heavy (non-hydrogen) atoms. The van der Waals surface area contributed by atoms with Gasteiger partial charge in [-0.2, -0.15) is 0 Å². The molecule has 1 aromatic heterocycles. The van der Waals surface area contributed by atoms with E-state index in [1.807, 2.05) is 59.5 Å². The Hall–Kier alpha value is -3.50. The minimum absolute atomic E-state index is 0.193. The summed E-state index contributed by atoms with van der Waals surface area (Å²) in [4.78, 5) is 15.4. The maximum atomic E-state index is 13.5. The van der Waals surface area contributed by atoms with Gasteiger partial charge in [-0.3, -0.25) is 0 Å². The van der Waals surface area contributed by atoms with Crippen LogP contribution in [0.3, 0.4) is 0 Å². The average molecular weight is 414 g/mol. The monoisotopic (exact) mass is 413 g/mol. The van der Waals surface area contributed by atoms with E-state index in [0.29, 0.717) is 17.3 Å². The summed E-state index contributed by atoms with van der Waals surface area (Å²) in [5.74, 6) is 0. The van der Waals surface area contributed by atoms with Crippen LogP contribution in [0.1, 0.15) is 22.9 Å². The number of carbonyl (C=O) groups is 1. The fraction of sp³-hybridized carbons (Fsp3) is 0.0800. The van der Waals surface area contributed by atoms with E-state index in [4.69, 9.17) is 11.6 Å². The van der Waals surface area contributed by atoms with Gasteiger partial charge in [0.15, 0.2) is 0 Å². The van der Waals surface area contributed by atoms with E-state index in [9.17, 15) is 4.79 Å². The quantitative estimate of drug-likeness (QED) is 0.413. The van der Waals surface area contributed by atoms with Gasteiger partial charge in [-0.1, -0.05) is 72.3 Å². The Kier molecular flexibility index (Phi) is 4.77. The summed E-state index contributed by atoms with van der Waals surface area (Å²) in [6, 6.07) is 29.3. The van der Waals surface area contributed by atoms with Crippen molar-refractivity contribution >= 4 is 23.3 Å². The highest BCUT2D eigenvalue weighted by molar-refractivity contribution is 6.33. The molecule has 5 heteroatoms. The molecule has 4 aromatic rings. The number of nitrogens with zero attached hydrogens (tertiary/aromatic N) is 2. The Morgan fingerprint density at radius 1 is 0.867 bits per heavy atom. The third-order valence-corrected chi connectivity index (χ3v) is 5.79. The number of amides is 2. The SMILES string of the molecule is O=C(Nc1ccccc1Cl)N1Cc2ccccc2-n2cccc2[C@@H]1c1ccccc1. The van der Waals surface area contributed by atoms with Crippen LogP contribution in [0.2, 0.25) is 5.02 Å². The average Bonchev–Trinajstić information content (AvgIpc) is 3.20. The summed E-state index contributed by atoms with van der Waals surface area (Å²) in [5, 5.41) is 3.52. The molecule has 5 rings (SSSR count). The maximum Gasteiger partial charge on any atom is 0.323 e. The van der Waals surface area contributed by atoms with Crippen molar-refractivity contribution in [1.29, 1.82) is 0 Å². The van der Waals surface area contributed by atoms with Crippen molar-refractivity contribution in [2.75, 3.05) is 5.32 Å². The maximum absolute atomic E-state index is 13.5. The standard InChI is InChI=1S/C25H20ClN3O/c26-20-12-5-6-13-21(20)27-25(30)29-17-19-11-4-7-14-22(19)28-16-8-15-23(28)24(29)18-9-2-1-3-10-18/h1-16,24H,17H2,(H,27,30)/t24-/m0/s1. The minimum Gasteiger partial charge on any atom is -0.318 e. The molecule has 0 saturated carbocycles. The number of carbonyl (C=O) groups excluding carboxylic acids is 1. The van der Waals surface area contributed by atoms with Crippen LogP contribution in [-0.4, -0.2) is 15.5 Å². The summed E-state index contributed by atoms with van der Waals surface area (Å²) < 4.78 is 2.18. The molecule has 0 radical (unpaired) electrons. The number of para-hydroxylation sites is 2. The Morgan fingerprint density at radius 3 is 2.43 bits per heavy atom. The summed E-state index contributed by atoms with van der Waals surface area (Å²) in [6.07, 6.45) is 2.06. The van der Waals surface area contributed by atoms with Crippen LogP contribution in [0, 0.1) is 0 Å². The zero-order chi connectivity index (χ0) is 20.5.